The van der Waals surface area contributed by atoms with Gasteiger partial charge in [-0.2, -0.15) is 0 Å². The van der Waals surface area contributed by atoms with E-state index in [0.29, 0.717) is 6.04 Å². The fraction of sp³-hybridized carbons (Fsp3) is 1.00. The molecule has 1 aliphatic carbocycles. The summed E-state index contributed by atoms with van der Waals surface area (Å²) >= 11 is 0. The maximum absolute atomic E-state index is 9.67. The van der Waals surface area contributed by atoms with Crippen molar-refractivity contribution < 1.29 is 5.11 Å². The first-order valence-electron chi connectivity index (χ1n) is 5.85. The van der Waals surface area contributed by atoms with Crippen molar-refractivity contribution in [2.75, 3.05) is 13.1 Å². The molecule has 0 atom stereocenters. The molecule has 2 nitrogen and oxygen atoms in total. The van der Waals surface area contributed by atoms with Gasteiger partial charge in [0.15, 0.2) is 0 Å². The molecular formula is C12H25NO. The Hall–Kier alpha value is -0.0800. The van der Waals surface area contributed by atoms with Gasteiger partial charge in [0.1, 0.15) is 0 Å². The fourth-order valence-electron chi connectivity index (χ4n) is 1.61. The summed E-state index contributed by atoms with van der Waals surface area (Å²) < 4.78 is 0. The molecule has 1 N–H and O–H groups in total. The molecule has 1 rings (SSSR count). The first-order valence-corrected chi connectivity index (χ1v) is 5.85. The number of rotatable bonds is 6. The Kier molecular flexibility index (Phi) is 3.96. The first-order chi connectivity index (χ1) is 6.38. The van der Waals surface area contributed by atoms with Crippen molar-refractivity contribution in [3.8, 4) is 0 Å². The molecule has 0 aromatic rings. The SMILES string of the molecule is CC(C)N(CCC(C)(C)O)CC1CC1. The lowest BCUT2D eigenvalue weighted by Crippen LogP contribution is -2.37. The van der Waals surface area contributed by atoms with Gasteiger partial charge in [-0.15, -0.1) is 0 Å². The number of hydrogen-bond acceptors (Lipinski definition) is 2. The molecular weight excluding hydrogens is 174 g/mol. The highest BCUT2D eigenvalue weighted by Crippen LogP contribution is 2.30. The monoisotopic (exact) mass is 199 g/mol. The van der Waals surface area contributed by atoms with Crippen LogP contribution in [0.15, 0.2) is 0 Å². The lowest BCUT2D eigenvalue weighted by atomic mass is 10.0. The molecule has 2 heteroatoms. The van der Waals surface area contributed by atoms with Gasteiger partial charge in [0.2, 0.25) is 0 Å². The summed E-state index contributed by atoms with van der Waals surface area (Å²) in [7, 11) is 0. The summed E-state index contributed by atoms with van der Waals surface area (Å²) in [6, 6.07) is 0.609. The van der Waals surface area contributed by atoms with E-state index in [2.05, 4.69) is 18.7 Å². The van der Waals surface area contributed by atoms with Crippen molar-refractivity contribution in [1.82, 2.24) is 4.90 Å². The fourth-order valence-corrected chi connectivity index (χ4v) is 1.61. The summed E-state index contributed by atoms with van der Waals surface area (Å²) in [5.74, 6) is 0.944. The molecule has 0 spiro atoms. The van der Waals surface area contributed by atoms with Crippen molar-refractivity contribution in [2.24, 2.45) is 5.92 Å². The van der Waals surface area contributed by atoms with Gasteiger partial charge < -0.3 is 10.0 Å². The van der Waals surface area contributed by atoms with Crippen molar-refractivity contribution in [3.05, 3.63) is 0 Å². The molecule has 0 bridgehead atoms. The molecule has 0 unspecified atom stereocenters. The van der Waals surface area contributed by atoms with Gasteiger partial charge in [0, 0.05) is 19.1 Å². The van der Waals surface area contributed by atoms with E-state index in [1.165, 1.54) is 19.4 Å². The second kappa shape index (κ2) is 4.63. The molecule has 0 radical (unpaired) electrons. The van der Waals surface area contributed by atoms with Crippen LogP contribution in [0.5, 0.6) is 0 Å². The summed E-state index contributed by atoms with van der Waals surface area (Å²) in [5.41, 5.74) is -0.517. The van der Waals surface area contributed by atoms with E-state index in [0.717, 1.165) is 18.9 Å². The molecule has 1 fully saturated rings. The average molecular weight is 199 g/mol. The number of aliphatic hydroxyl groups is 1. The summed E-state index contributed by atoms with van der Waals surface area (Å²) in [4.78, 5) is 2.50. The van der Waals surface area contributed by atoms with Crippen LogP contribution in [0.3, 0.4) is 0 Å². The third-order valence-corrected chi connectivity index (χ3v) is 2.93. The van der Waals surface area contributed by atoms with E-state index in [4.69, 9.17) is 0 Å². The van der Waals surface area contributed by atoms with Crippen LogP contribution in [0, 0.1) is 5.92 Å². The van der Waals surface area contributed by atoms with Crippen LogP contribution in [0.25, 0.3) is 0 Å². The van der Waals surface area contributed by atoms with Crippen LogP contribution >= 0.6 is 0 Å². The zero-order valence-electron chi connectivity index (χ0n) is 10.1. The predicted octanol–water partition coefficient (Wildman–Crippen LogP) is 2.27. The molecule has 1 saturated carbocycles. The van der Waals surface area contributed by atoms with E-state index in [1.807, 2.05) is 13.8 Å². The highest BCUT2D eigenvalue weighted by Gasteiger charge is 2.26. The molecule has 0 amide bonds. The van der Waals surface area contributed by atoms with Gasteiger partial charge in [0.05, 0.1) is 5.60 Å². The van der Waals surface area contributed by atoms with Crippen molar-refractivity contribution in [1.29, 1.82) is 0 Å². The lowest BCUT2D eigenvalue weighted by molar-refractivity contribution is 0.0523. The van der Waals surface area contributed by atoms with Crippen molar-refractivity contribution in [3.63, 3.8) is 0 Å². The normalized spacial score (nSPS) is 18.2. The quantitative estimate of drug-likeness (QED) is 0.709. The van der Waals surface area contributed by atoms with Crippen LogP contribution in [0.4, 0.5) is 0 Å². The highest BCUT2D eigenvalue weighted by molar-refractivity contribution is 4.80. The van der Waals surface area contributed by atoms with Crippen LogP contribution in [0.1, 0.15) is 47.0 Å². The van der Waals surface area contributed by atoms with E-state index in [-0.39, 0.29) is 0 Å². The lowest BCUT2D eigenvalue weighted by Gasteiger charge is -2.29. The third kappa shape index (κ3) is 4.97. The minimum Gasteiger partial charge on any atom is -0.390 e. The first kappa shape index (κ1) is 12.0. The van der Waals surface area contributed by atoms with Crippen LogP contribution < -0.4 is 0 Å². The van der Waals surface area contributed by atoms with Crippen molar-refractivity contribution >= 4 is 0 Å². The molecule has 0 aromatic carbocycles. The summed E-state index contributed by atoms with van der Waals surface area (Å²) in [6.45, 7) is 10.5. The average Bonchev–Trinajstić information content (AvgIpc) is 2.78. The minimum absolute atomic E-state index is 0.517. The Morgan fingerprint density at radius 3 is 2.29 bits per heavy atom. The Balaban J connectivity index is 2.27. The second-order valence-corrected chi connectivity index (χ2v) is 5.59. The Morgan fingerprint density at radius 1 is 1.36 bits per heavy atom. The van der Waals surface area contributed by atoms with E-state index < -0.39 is 5.60 Å². The smallest absolute Gasteiger partial charge is 0.0603 e. The maximum atomic E-state index is 9.67. The van der Waals surface area contributed by atoms with Gasteiger partial charge >= 0.3 is 0 Å². The molecule has 1 aliphatic rings. The summed E-state index contributed by atoms with van der Waals surface area (Å²) in [6.07, 6.45) is 3.69. The number of nitrogens with zero attached hydrogens (tertiary/aromatic N) is 1. The van der Waals surface area contributed by atoms with Gasteiger partial charge in [-0.25, -0.2) is 0 Å². The largest absolute Gasteiger partial charge is 0.390 e. The molecule has 0 aliphatic heterocycles. The Labute approximate surface area is 88.3 Å². The third-order valence-electron chi connectivity index (χ3n) is 2.93. The molecule has 0 saturated heterocycles. The summed E-state index contributed by atoms with van der Waals surface area (Å²) in [5, 5.41) is 9.67. The topological polar surface area (TPSA) is 23.5 Å². The van der Waals surface area contributed by atoms with Crippen LogP contribution in [0.2, 0.25) is 0 Å². The molecule has 84 valence electrons. The van der Waals surface area contributed by atoms with E-state index in [1.54, 1.807) is 0 Å². The zero-order chi connectivity index (χ0) is 10.8. The van der Waals surface area contributed by atoms with Gasteiger partial charge in [-0.3, -0.25) is 0 Å². The molecule has 14 heavy (non-hydrogen) atoms. The van der Waals surface area contributed by atoms with Crippen LogP contribution in [-0.4, -0.2) is 34.7 Å². The zero-order valence-corrected chi connectivity index (χ0v) is 10.1. The van der Waals surface area contributed by atoms with Gasteiger partial charge in [0.25, 0.3) is 0 Å². The predicted molar refractivity (Wildman–Crippen MR) is 60.3 cm³/mol. The Bertz CT molecular complexity index is 168. The van der Waals surface area contributed by atoms with Crippen LogP contribution in [-0.2, 0) is 0 Å². The van der Waals surface area contributed by atoms with E-state index in [9.17, 15) is 5.11 Å². The second-order valence-electron chi connectivity index (χ2n) is 5.59. The van der Waals surface area contributed by atoms with Gasteiger partial charge in [-0.1, -0.05) is 0 Å². The van der Waals surface area contributed by atoms with Crippen molar-refractivity contribution in [2.45, 2.75) is 58.6 Å². The maximum Gasteiger partial charge on any atom is 0.0603 e. The highest BCUT2D eigenvalue weighted by atomic mass is 16.3. The standard InChI is InChI=1S/C12H25NO/c1-10(2)13(9-11-5-6-11)8-7-12(3,4)14/h10-11,14H,5-9H2,1-4H3. The molecule has 0 aromatic heterocycles. The minimum atomic E-state index is -0.517. The number of hydrogen-bond donors (Lipinski definition) is 1. The Morgan fingerprint density at radius 2 is 1.93 bits per heavy atom. The molecule has 0 heterocycles. The van der Waals surface area contributed by atoms with E-state index >= 15 is 0 Å². The van der Waals surface area contributed by atoms with Gasteiger partial charge in [-0.05, 0) is 52.9 Å².